The Balaban J connectivity index is 2.49. The summed E-state index contributed by atoms with van der Waals surface area (Å²) in [5.41, 5.74) is 0.767. The average molecular weight is 239 g/mol. The quantitative estimate of drug-likeness (QED) is 0.859. The van der Waals surface area contributed by atoms with Crippen LogP contribution in [0.4, 0.5) is 5.69 Å². The lowest BCUT2D eigenvalue weighted by Gasteiger charge is -2.12. The molecule has 0 bridgehead atoms. The summed E-state index contributed by atoms with van der Waals surface area (Å²) in [6.45, 7) is 0. The van der Waals surface area contributed by atoms with Gasteiger partial charge in [0, 0.05) is 24.3 Å². The van der Waals surface area contributed by atoms with Gasteiger partial charge in [-0.15, -0.1) is 11.8 Å². The molecule has 5 heteroatoms. The summed E-state index contributed by atoms with van der Waals surface area (Å²) >= 11 is 1.62. The van der Waals surface area contributed by atoms with Gasteiger partial charge in [-0.05, 0) is 0 Å². The number of anilines is 1. The number of carbonyl (C=O) groups excluding carboxylic acids is 1. The third kappa shape index (κ3) is 2.09. The van der Waals surface area contributed by atoms with Crippen molar-refractivity contribution in [2.24, 2.45) is 0 Å². The van der Waals surface area contributed by atoms with Crippen molar-refractivity contribution in [1.82, 2.24) is 0 Å². The summed E-state index contributed by atoms with van der Waals surface area (Å²) in [4.78, 5) is 12.4. The fraction of sp³-hybridized carbons (Fsp3) is 0.364. The third-order valence-corrected chi connectivity index (χ3v) is 3.45. The highest BCUT2D eigenvalue weighted by molar-refractivity contribution is 7.99. The zero-order valence-electron chi connectivity index (χ0n) is 9.20. The molecule has 0 aromatic heterocycles. The van der Waals surface area contributed by atoms with E-state index in [2.05, 4.69) is 5.32 Å². The maximum Gasteiger partial charge on any atom is 0.225 e. The SMILES string of the molecule is COc1cc2c(c(OC)c1)SCCC(=O)N2. The van der Waals surface area contributed by atoms with Crippen molar-refractivity contribution in [2.45, 2.75) is 11.3 Å². The Morgan fingerprint density at radius 2 is 2.12 bits per heavy atom. The molecular formula is C11H13NO3S. The molecule has 0 aliphatic carbocycles. The van der Waals surface area contributed by atoms with E-state index in [9.17, 15) is 4.79 Å². The number of hydrogen-bond donors (Lipinski definition) is 1. The molecule has 16 heavy (non-hydrogen) atoms. The van der Waals surface area contributed by atoms with Gasteiger partial charge in [0.25, 0.3) is 0 Å². The Kier molecular flexibility index (Phi) is 3.24. The van der Waals surface area contributed by atoms with E-state index in [0.717, 1.165) is 22.1 Å². The molecule has 2 rings (SSSR count). The topological polar surface area (TPSA) is 47.6 Å². The molecule has 1 aliphatic heterocycles. The molecule has 0 spiro atoms. The Hall–Kier alpha value is -1.36. The van der Waals surface area contributed by atoms with Crippen molar-refractivity contribution >= 4 is 23.4 Å². The van der Waals surface area contributed by atoms with E-state index >= 15 is 0 Å². The molecule has 0 radical (unpaired) electrons. The average Bonchev–Trinajstić information content (AvgIpc) is 2.48. The Morgan fingerprint density at radius 1 is 1.31 bits per heavy atom. The number of thioether (sulfide) groups is 1. The molecule has 0 saturated heterocycles. The zero-order chi connectivity index (χ0) is 11.5. The largest absolute Gasteiger partial charge is 0.497 e. The second kappa shape index (κ2) is 4.65. The van der Waals surface area contributed by atoms with Crippen molar-refractivity contribution < 1.29 is 14.3 Å². The number of nitrogens with one attached hydrogen (secondary N) is 1. The minimum absolute atomic E-state index is 0.0292. The van der Waals surface area contributed by atoms with Gasteiger partial charge in [-0.3, -0.25) is 4.79 Å². The second-order valence-electron chi connectivity index (χ2n) is 3.35. The highest BCUT2D eigenvalue weighted by Crippen LogP contribution is 2.41. The summed E-state index contributed by atoms with van der Waals surface area (Å²) in [7, 11) is 3.20. The van der Waals surface area contributed by atoms with E-state index in [1.807, 2.05) is 12.1 Å². The van der Waals surface area contributed by atoms with E-state index < -0.39 is 0 Å². The molecular weight excluding hydrogens is 226 g/mol. The van der Waals surface area contributed by atoms with Crippen molar-refractivity contribution in [1.29, 1.82) is 0 Å². The predicted octanol–water partition coefficient (Wildman–Crippen LogP) is 2.14. The molecule has 0 atom stereocenters. The van der Waals surface area contributed by atoms with Crippen LogP contribution in [-0.4, -0.2) is 25.9 Å². The molecule has 0 unspecified atom stereocenters. The van der Waals surface area contributed by atoms with E-state index in [4.69, 9.17) is 9.47 Å². The first kappa shape index (κ1) is 11.1. The summed E-state index contributed by atoms with van der Waals surface area (Å²) in [6.07, 6.45) is 0.519. The van der Waals surface area contributed by atoms with Gasteiger partial charge in [-0.1, -0.05) is 0 Å². The molecule has 1 aliphatic rings. The molecule has 1 aromatic carbocycles. The normalized spacial score (nSPS) is 14.8. The van der Waals surface area contributed by atoms with Gasteiger partial charge >= 0.3 is 0 Å². The van der Waals surface area contributed by atoms with Crippen LogP contribution in [-0.2, 0) is 4.79 Å². The summed E-state index contributed by atoms with van der Waals surface area (Å²) in [5, 5.41) is 2.85. The van der Waals surface area contributed by atoms with Gasteiger partial charge in [-0.25, -0.2) is 0 Å². The molecule has 0 saturated carbocycles. The summed E-state index contributed by atoms with van der Waals surface area (Å²) in [6, 6.07) is 3.64. The van der Waals surface area contributed by atoms with Crippen molar-refractivity contribution in [3.8, 4) is 11.5 Å². The molecule has 1 N–H and O–H groups in total. The lowest BCUT2D eigenvalue weighted by molar-refractivity contribution is -0.115. The van der Waals surface area contributed by atoms with E-state index in [1.54, 1.807) is 26.0 Å². The second-order valence-corrected chi connectivity index (χ2v) is 4.46. The number of amides is 1. The van der Waals surface area contributed by atoms with Crippen molar-refractivity contribution in [3.05, 3.63) is 12.1 Å². The lowest BCUT2D eigenvalue weighted by atomic mass is 10.2. The number of rotatable bonds is 2. The third-order valence-electron chi connectivity index (χ3n) is 2.33. The van der Waals surface area contributed by atoms with Gasteiger partial charge in [0.2, 0.25) is 5.91 Å². The minimum atomic E-state index is 0.0292. The van der Waals surface area contributed by atoms with Gasteiger partial charge in [0.1, 0.15) is 11.5 Å². The number of fused-ring (bicyclic) bond motifs is 1. The molecule has 1 heterocycles. The lowest BCUT2D eigenvalue weighted by Crippen LogP contribution is -2.10. The number of methoxy groups -OCH3 is 2. The Bertz CT molecular complexity index is 420. The highest BCUT2D eigenvalue weighted by atomic mass is 32.2. The van der Waals surface area contributed by atoms with Crippen LogP contribution >= 0.6 is 11.8 Å². The molecule has 0 fully saturated rings. The van der Waals surface area contributed by atoms with Gasteiger partial charge in [0.15, 0.2) is 0 Å². The first-order chi connectivity index (χ1) is 7.74. The first-order valence-corrected chi connectivity index (χ1v) is 5.92. The van der Waals surface area contributed by atoms with Crippen LogP contribution in [0.1, 0.15) is 6.42 Å². The highest BCUT2D eigenvalue weighted by Gasteiger charge is 2.18. The van der Waals surface area contributed by atoms with Crippen LogP contribution < -0.4 is 14.8 Å². The zero-order valence-corrected chi connectivity index (χ0v) is 10.0. The maximum absolute atomic E-state index is 11.4. The van der Waals surface area contributed by atoms with Crippen LogP contribution in [0.3, 0.4) is 0 Å². The Labute approximate surface area is 98.3 Å². The van der Waals surface area contributed by atoms with Crippen LogP contribution in [0.2, 0.25) is 0 Å². The van der Waals surface area contributed by atoms with Crippen LogP contribution in [0.15, 0.2) is 17.0 Å². The van der Waals surface area contributed by atoms with E-state index in [0.29, 0.717) is 12.2 Å². The van der Waals surface area contributed by atoms with E-state index in [-0.39, 0.29) is 5.91 Å². The standard InChI is InChI=1S/C11H13NO3S/c1-14-7-5-8-11(9(6-7)15-2)16-4-3-10(13)12-8/h5-6H,3-4H2,1-2H3,(H,12,13). The smallest absolute Gasteiger partial charge is 0.225 e. The number of benzene rings is 1. The minimum Gasteiger partial charge on any atom is -0.497 e. The van der Waals surface area contributed by atoms with Crippen molar-refractivity contribution in [3.63, 3.8) is 0 Å². The van der Waals surface area contributed by atoms with Crippen LogP contribution in [0.25, 0.3) is 0 Å². The summed E-state index contributed by atoms with van der Waals surface area (Å²) in [5.74, 6) is 2.21. The van der Waals surface area contributed by atoms with Gasteiger partial charge < -0.3 is 14.8 Å². The Morgan fingerprint density at radius 3 is 2.81 bits per heavy atom. The first-order valence-electron chi connectivity index (χ1n) is 4.93. The molecule has 86 valence electrons. The van der Waals surface area contributed by atoms with Crippen molar-refractivity contribution in [2.75, 3.05) is 25.3 Å². The maximum atomic E-state index is 11.4. The number of hydrogen-bond acceptors (Lipinski definition) is 4. The molecule has 4 nitrogen and oxygen atoms in total. The van der Waals surface area contributed by atoms with Gasteiger partial charge in [0.05, 0.1) is 24.8 Å². The van der Waals surface area contributed by atoms with Crippen LogP contribution in [0, 0.1) is 0 Å². The van der Waals surface area contributed by atoms with Crippen LogP contribution in [0.5, 0.6) is 11.5 Å². The number of carbonyl (C=O) groups is 1. The molecule has 1 aromatic rings. The monoisotopic (exact) mass is 239 g/mol. The number of ether oxygens (including phenoxy) is 2. The molecule has 1 amide bonds. The fourth-order valence-electron chi connectivity index (χ4n) is 1.55. The van der Waals surface area contributed by atoms with E-state index in [1.165, 1.54) is 0 Å². The predicted molar refractivity (Wildman–Crippen MR) is 63.5 cm³/mol. The fourth-order valence-corrected chi connectivity index (χ4v) is 2.59. The summed E-state index contributed by atoms with van der Waals surface area (Å²) < 4.78 is 10.5. The van der Waals surface area contributed by atoms with Gasteiger partial charge in [-0.2, -0.15) is 0 Å².